The molecule has 0 amide bonds. The number of hydrogen-bond donors (Lipinski definition) is 0. The van der Waals surface area contributed by atoms with Crippen molar-refractivity contribution in [2.75, 3.05) is 20.3 Å². The Hall–Kier alpha value is -1.09. The Labute approximate surface area is 104 Å². The van der Waals surface area contributed by atoms with E-state index in [1.807, 2.05) is 13.8 Å². The van der Waals surface area contributed by atoms with Gasteiger partial charge in [0.05, 0.1) is 6.61 Å². The number of ether oxygens (including phenoxy) is 2. The first-order chi connectivity index (χ1) is 8.15. The van der Waals surface area contributed by atoms with E-state index in [-0.39, 0.29) is 5.82 Å². The summed E-state index contributed by atoms with van der Waals surface area (Å²) in [6, 6.07) is 4.64. The average Bonchev–Trinajstić information content (AvgIpc) is 2.32. The third-order valence-corrected chi connectivity index (χ3v) is 2.14. The SMILES string of the molecule is CC.COCCOc1cc(F)ccc1C(C)C. The first-order valence-corrected chi connectivity index (χ1v) is 6.06. The molecule has 0 atom stereocenters. The molecule has 0 N–H and O–H groups in total. The summed E-state index contributed by atoms with van der Waals surface area (Å²) in [5.41, 5.74) is 1.02. The van der Waals surface area contributed by atoms with E-state index in [0.29, 0.717) is 24.9 Å². The summed E-state index contributed by atoms with van der Waals surface area (Å²) < 4.78 is 23.3. The molecule has 0 heterocycles. The van der Waals surface area contributed by atoms with Crippen LogP contribution >= 0.6 is 0 Å². The lowest BCUT2D eigenvalue weighted by Gasteiger charge is -2.13. The quantitative estimate of drug-likeness (QED) is 0.726. The summed E-state index contributed by atoms with van der Waals surface area (Å²) in [7, 11) is 1.61. The van der Waals surface area contributed by atoms with Crippen LogP contribution in [0.4, 0.5) is 4.39 Å². The molecule has 0 spiro atoms. The van der Waals surface area contributed by atoms with Gasteiger partial charge in [-0.2, -0.15) is 0 Å². The molecule has 0 saturated heterocycles. The maximum absolute atomic E-state index is 13.0. The van der Waals surface area contributed by atoms with E-state index in [1.54, 1.807) is 13.2 Å². The molecule has 0 fully saturated rings. The fourth-order valence-electron chi connectivity index (χ4n) is 1.35. The van der Waals surface area contributed by atoms with Gasteiger partial charge < -0.3 is 9.47 Å². The third-order valence-electron chi connectivity index (χ3n) is 2.14. The Morgan fingerprint density at radius 3 is 2.35 bits per heavy atom. The molecule has 0 aromatic heterocycles. The lowest BCUT2D eigenvalue weighted by atomic mass is 10.0. The zero-order valence-corrected chi connectivity index (χ0v) is 11.4. The first-order valence-electron chi connectivity index (χ1n) is 6.06. The van der Waals surface area contributed by atoms with Crippen LogP contribution in [0.25, 0.3) is 0 Å². The van der Waals surface area contributed by atoms with E-state index in [1.165, 1.54) is 12.1 Å². The Kier molecular flexibility index (Phi) is 8.42. The second-order valence-corrected chi connectivity index (χ2v) is 3.68. The number of benzene rings is 1. The van der Waals surface area contributed by atoms with Gasteiger partial charge in [-0.05, 0) is 17.5 Å². The van der Waals surface area contributed by atoms with Crippen LogP contribution in [0.5, 0.6) is 5.75 Å². The van der Waals surface area contributed by atoms with Crippen LogP contribution in [0.15, 0.2) is 18.2 Å². The molecule has 0 aliphatic rings. The van der Waals surface area contributed by atoms with E-state index in [0.717, 1.165) is 5.56 Å². The van der Waals surface area contributed by atoms with Crippen LogP contribution in [0, 0.1) is 5.82 Å². The predicted octanol–water partition coefficient (Wildman–Crippen LogP) is 4.00. The van der Waals surface area contributed by atoms with Gasteiger partial charge in [0.1, 0.15) is 18.2 Å². The molecule has 0 radical (unpaired) electrons. The fraction of sp³-hybridized carbons (Fsp3) is 0.571. The molecule has 1 aromatic carbocycles. The van der Waals surface area contributed by atoms with Crippen molar-refractivity contribution in [3.8, 4) is 5.75 Å². The molecule has 2 nitrogen and oxygen atoms in total. The summed E-state index contributed by atoms with van der Waals surface area (Å²) in [6.45, 7) is 9.06. The van der Waals surface area contributed by atoms with Gasteiger partial charge in [0.15, 0.2) is 0 Å². The van der Waals surface area contributed by atoms with Crippen molar-refractivity contribution in [2.45, 2.75) is 33.6 Å². The molecule has 0 bridgehead atoms. The van der Waals surface area contributed by atoms with Crippen LogP contribution in [0.3, 0.4) is 0 Å². The summed E-state index contributed by atoms with van der Waals surface area (Å²) in [4.78, 5) is 0. The van der Waals surface area contributed by atoms with Crippen molar-refractivity contribution >= 4 is 0 Å². The maximum atomic E-state index is 13.0. The highest BCUT2D eigenvalue weighted by atomic mass is 19.1. The largest absolute Gasteiger partial charge is 0.491 e. The zero-order valence-electron chi connectivity index (χ0n) is 11.4. The van der Waals surface area contributed by atoms with Crippen molar-refractivity contribution in [3.63, 3.8) is 0 Å². The maximum Gasteiger partial charge on any atom is 0.126 e. The van der Waals surface area contributed by atoms with Gasteiger partial charge in [-0.3, -0.25) is 0 Å². The van der Waals surface area contributed by atoms with Gasteiger partial charge in [0, 0.05) is 13.2 Å². The minimum atomic E-state index is -0.271. The molecule has 1 rings (SSSR count). The van der Waals surface area contributed by atoms with Gasteiger partial charge >= 0.3 is 0 Å². The van der Waals surface area contributed by atoms with Crippen LogP contribution in [0.2, 0.25) is 0 Å². The lowest BCUT2D eigenvalue weighted by Crippen LogP contribution is -2.06. The Morgan fingerprint density at radius 2 is 1.82 bits per heavy atom. The molecule has 98 valence electrons. The first kappa shape index (κ1) is 15.9. The molecular formula is C14H23FO2. The van der Waals surface area contributed by atoms with E-state index in [9.17, 15) is 4.39 Å². The number of hydrogen-bond acceptors (Lipinski definition) is 2. The molecule has 0 unspecified atom stereocenters. The fourth-order valence-corrected chi connectivity index (χ4v) is 1.35. The van der Waals surface area contributed by atoms with Crippen molar-refractivity contribution in [3.05, 3.63) is 29.6 Å². The van der Waals surface area contributed by atoms with E-state index in [2.05, 4.69) is 13.8 Å². The van der Waals surface area contributed by atoms with Gasteiger partial charge in [0.25, 0.3) is 0 Å². The minimum absolute atomic E-state index is 0.271. The summed E-state index contributed by atoms with van der Waals surface area (Å²) in [5.74, 6) is 0.664. The highest BCUT2D eigenvalue weighted by molar-refractivity contribution is 5.36. The van der Waals surface area contributed by atoms with E-state index < -0.39 is 0 Å². The Bertz CT molecular complexity index is 311. The summed E-state index contributed by atoms with van der Waals surface area (Å²) >= 11 is 0. The lowest BCUT2D eigenvalue weighted by molar-refractivity contribution is 0.145. The molecule has 0 aliphatic carbocycles. The van der Waals surface area contributed by atoms with E-state index in [4.69, 9.17) is 9.47 Å². The zero-order chi connectivity index (χ0) is 13.3. The Morgan fingerprint density at radius 1 is 1.18 bits per heavy atom. The van der Waals surface area contributed by atoms with Gasteiger partial charge in [-0.25, -0.2) is 4.39 Å². The second kappa shape index (κ2) is 8.99. The van der Waals surface area contributed by atoms with Crippen molar-refractivity contribution < 1.29 is 13.9 Å². The highest BCUT2D eigenvalue weighted by Crippen LogP contribution is 2.27. The van der Waals surface area contributed by atoms with Gasteiger partial charge in [-0.15, -0.1) is 0 Å². The molecule has 17 heavy (non-hydrogen) atoms. The standard InChI is InChI=1S/C12H17FO2.C2H6/c1-9(2)11-5-4-10(13)8-12(11)15-7-6-14-3;1-2/h4-5,8-9H,6-7H2,1-3H3;1-2H3. The normalized spacial score (nSPS) is 9.82. The molecule has 0 saturated carbocycles. The predicted molar refractivity (Wildman–Crippen MR) is 69.2 cm³/mol. The molecule has 3 heteroatoms. The van der Waals surface area contributed by atoms with Crippen molar-refractivity contribution in [1.82, 2.24) is 0 Å². The molecule has 0 aliphatic heterocycles. The monoisotopic (exact) mass is 242 g/mol. The molecular weight excluding hydrogens is 219 g/mol. The topological polar surface area (TPSA) is 18.5 Å². The van der Waals surface area contributed by atoms with Crippen LogP contribution in [0.1, 0.15) is 39.2 Å². The minimum Gasteiger partial charge on any atom is -0.491 e. The van der Waals surface area contributed by atoms with Gasteiger partial charge in [0.2, 0.25) is 0 Å². The third kappa shape index (κ3) is 5.68. The second-order valence-electron chi connectivity index (χ2n) is 3.68. The average molecular weight is 242 g/mol. The van der Waals surface area contributed by atoms with Crippen molar-refractivity contribution in [1.29, 1.82) is 0 Å². The number of halogens is 1. The molecule has 1 aromatic rings. The summed E-state index contributed by atoms with van der Waals surface area (Å²) in [6.07, 6.45) is 0. The number of methoxy groups -OCH3 is 1. The van der Waals surface area contributed by atoms with Crippen LogP contribution < -0.4 is 4.74 Å². The number of rotatable bonds is 5. The Balaban J connectivity index is 0.00000121. The smallest absolute Gasteiger partial charge is 0.126 e. The highest BCUT2D eigenvalue weighted by Gasteiger charge is 2.08. The summed E-state index contributed by atoms with van der Waals surface area (Å²) in [5, 5.41) is 0. The van der Waals surface area contributed by atoms with E-state index >= 15 is 0 Å². The van der Waals surface area contributed by atoms with Gasteiger partial charge in [-0.1, -0.05) is 33.8 Å². The van der Waals surface area contributed by atoms with Crippen LogP contribution in [-0.2, 0) is 4.74 Å². The van der Waals surface area contributed by atoms with Crippen molar-refractivity contribution in [2.24, 2.45) is 0 Å². The van der Waals surface area contributed by atoms with Crippen LogP contribution in [-0.4, -0.2) is 20.3 Å².